The first-order valence-corrected chi connectivity index (χ1v) is 8.17. The summed E-state index contributed by atoms with van der Waals surface area (Å²) in [5.41, 5.74) is 2.35. The summed E-state index contributed by atoms with van der Waals surface area (Å²) in [7, 11) is 1.99. The normalized spacial score (nSPS) is 18.2. The molecule has 0 bridgehead atoms. The number of aromatic nitrogens is 3. The predicted octanol–water partition coefficient (Wildman–Crippen LogP) is 3.13. The molecule has 23 heavy (non-hydrogen) atoms. The molecule has 0 spiro atoms. The first kappa shape index (κ1) is 15.8. The van der Waals surface area contributed by atoms with Gasteiger partial charge in [0.15, 0.2) is 0 Å². The van der Waals surface area contributed by atoms with Gasteiger partial charge in [-0.2, -0.15) is 0 Å². The van der Waals surface area contributed by atoms with Crippen LogP contribution in [-0.4, -0.2) is 32.1 Å². The number of hydrogen-bond acceptors (Lipinski definition) is 4. The molecule has 1 aliphatic heterocycles. The Balaban J connectivity index is 1.96. The zero-order valence-corrected chi connectivity index (χ0v) is 14.5. The lowest BCUT2D eigenvalue weighted by Gasteiger charge is -2.24. The van der Waals surface area contributed by atoms with E-state index in [0.717, 1.165) is 36.6 Å². The van der Waals surface area contributed by atoms with Gasteiger partial charge in [-0.15, -0.1) is 0 Å². The highest BCUT2D eigenvalue weighted by Crippen LogP contribution is 2.34. The number of carbonyl (C=O) groups excluding carboxylic acids is 1. The number of nitrogens with zero attached hydrogens (tertiary/aromatic N) is 4. The highest BCUT2D eigenvalue weighted by molar-refractivity contribution is 5.96. The summed E-state index contributed by atoms with van der Waals surface area (Å²) in [4.78, 5) is 19.7. The fourth-order valence-electron chi connectivity index (χ4n) is 3.41. The van der Waals surface area contributed by atoms with E-state index in [2.05, 4.69) is 10.1 Å². The van der Waals surface area contributed by atoms with E-state index in [1.807, 2.05) is 50.4 Å². The fraction of sp³-hybridized carbons (Fsp3) is 0.588. The Morgan fingerprint density at radius 1 is 1.39 bits per heavy atom. The van der Waals surface area contributed by atoms with E-state index in [9.17, 15) is 4.79 Å². The minimum absolute atomic E-state index is 0.00982. The van der Waals surface area contributed by atoms with E-state index in [0.29, 0.717) is 11.3 Å². The van der Waals surface area contributed by atoms with Crippen LogP contribution in [0, 0.1) is 13.8 Å². The second-order valence-corrected chi connectivity index (χ2v) is 6.66. The van der Waals surface area contributed by atoms with Gasteiger partial charge in [-0.25, -0.2) is 4.98 Å². The summed E-state index contributed by atoms with van der Waals surface area (Å²) in [5.74, 6) is 1.72. The molecule has 124 valence electrons. The quantitative estimate of drug-likeness (QED) is 0.872. The molecule has 0 aromatic carbocycles. The van der Waals surface area contributed by atoms with Crippen LogP contribution in [-0.2, 0) is 7.05 Å². The van der Waals surface area contributed by atoms with Crippen molar-refractivity contribution < 1.29 is 9.32 Å². The minimum Gasteiger partial charge on any atom is -0.361 e. The van der Waals surface area contributed by atoms with Crippen molar-refractivity contribution in [3.8, 4) is 0 Å². The molecule has 3 heterocycles. The number of amides is 1. The van der Waals surface area contributed by atoms with Crippen molar-refractivity contribution in [2.24, 2.45) is 7.05 Å². The molecule has 1 saturated heterocycles. The first-order valence-electron chi connectivity index (χ1n) is 8.17. The zero-order chi connectivity index (χ0) is 16.7. The van der Waals surface area contributed by atoms with Crippen LogP contribution in [0.25, 0.3) is 0 Å². The summed E-state index contributed by atoms with van der Waals surface area (Å²) < 4.78 is 7.31. The molecule has 1 unspecified atom stereocenters. The topological polar surface area (TPSA) is 64.2 Å². The standard InChI is InChI=1S/C17H24N4O2/c1-10(2)15-14(12(4)23-19-15)17(22)21-8-6-7-13(21)16-18-11(3)9-20(16)5/h9-10,13H,6-8H2,1-5H3. The second kappa shape index (κ2) is 5.83. The third-order valence-electron chi connectivity index (χ3n) is 4.49. The Kier molecular flexibility index (Phi) is 4.00. The van der Waals surface area contributed by atoms with Gasteiger partial charge >= 0.3 is 0 Å². The van der Waals surface area contributed by atoms with Crippen molar-refractivity contribution in [3.05, 3.63) is 34.7 Å². The van der Waals surface area contributed by atoms with E-state index in [1.54, 1.807) is 0 Å². The summed E-state index contributed by atoms with van der Waals surface area (Å²) >= 11 is 0. The van der Waals surface area contributed by atoms with Gasteiger partial charge in [0, 0.05) is 19.8 Å². The Bertz CT molecular complexity index is 729. The predicted molar refractivity (Wildman–Crippen MR) is 86.3 cm³/mol. The fourth-order valence-corrected chi connectivity index (χ4v) is 3.41. The maximum atomic E-state index is 13.1. The second-order valence-electron chi connectivity index (χ2n) is 6.66. The number of hydrogen-bond donors (Lipinski definition) is 0. The molecule has 0 saturated carbocycles. The van der Waals surface area contributed by atoms with Gasteiger partial charge in [0.05, 0.1) is 17.4 Å². The number of aryl methyl sites for hydroxylation is 3. The largest absolute Gasteiger partial charge is 0.361 e. The summed E-state index contributed by atoms with van der Waals surface area (Å²) in [5, 5.41) is 4.08. The Morgan fingerprint density at radius 3 is 2.74 bits per heavy atom. The number of rotatable bonds is 3. The molecule has 0 N–H and O–H groups in total. The van der Waals surface area contributed by atoms with Crippen molar-refractivity contribution in [2.45, 2.75) is 52.5 Å². The van der Waals surface area contributed by atoms with Crippen LogP contribution in [0.1, 0.15) is 72.0 Å². The SMILES string of the molecule is Cc1cn(C)c(C2CCCN2C(=O)c2c(C(C)C)noc2C)n1. The van der Waals surface area contributed by atoms with Crippen molar-refractivity contribution in [3.63, 3.8) is 0 Å². The van der Waals surface area contributed by atoms with E-state index in [-0.39, 0.29) is 17.9 Å². The number of imidazole rings is 1. The van der Waals surface area contributed by atoms with Gasteiger partial charge in [-0.1, -0.05) is 19.0 Å². The maximum absolute atomic E-state index is 13.1. The van der Waals surface area contributed by atoms with E-state index < -0.39 is 0 Å². The Hall–Kier alpha value is -2.11. The molecule has 2 aromatic heterocycles. The Labute approximate surface area is 136 Å². The van der Waals surface area contributed by atoms with Gasteiger partial charge in [0.2, 0.25) is 0 Å². The minimum atomic E-state index is 0.00982. The number of likely N-dealkylation sites (tertiary alicyclic amines) is 1. The average Bonchev–Trinajstić information content (AvgIpc) is 3.16. The van der Waals surface area contributed by atoms with E-state index in [4.69, 9.17) is 4.52 Å². The lowest BCUT2D eigenvalue weighted by Crippen LogP contribution is -2.32. The average molecular weight is 316 g/mol. The van der Waals surface area contributed by atoms with Gasteiger partial charge in [0.1, 0.15) is 17.1 Å². The smallest absolute Gasteiger partial charge is 0.260 e. The molecular formula is C17H24N4O2. The molecule has 1 aliphatic rings. The first-order chi connectivity index (χ1) is 10.9. The maximum Gasteiger partial charge on any atom is 0.260 e. The molecule has 6 nitrogen and oxygen atoms in total. The van der Waals surface area contributed by atoms with Gasteiger partial charge in [-0.05, 0) is 32.6 Å². The van der Waals surface area contributed by atoms with Gasteiger partial charge in [0.25, 0.3) is 5.91 Å². The summed E-state index contributed by atoms with van der Waals surface area (Å²) in [6.07, 6.45) is 3.93. The lowest BCUT2D eigenvalue weighted by atomic mass is 10.0. The summed E-state index contributed by atoms with van der Waals surface area (Å²) in [6, 6.07) is 0.0236. The summed E-state index contributed by atoms with van der Waals surface area (Å²) in [6.45, 7) is 8.58. The lowest BCUT2D eigenvalue weighted by molar-refractivity contribution is 0.0725. The van der Waals surface area contributed by atoms with Crippen LogP contribution in [0.3, 0.4) is 0 Å². The zero-order valence-electron chi connectivity index (χ0n) is 14.5. The molecule has 1 atom stereocenters. The van der Waals surface area contributed by atoms with Crippen LogP contribution in [0.15, 0.2) is 10.7 Å². The van der Waals surface area contributed by atoms with E-state index in [1.165, 1.54) is 0 Å². The van der Waals surface area contributed by atoms with Crippen molar-refractivity contribution in [1.29, 1.82) is 0 Å². The van der Waals surface area contributed by atoms with Crippen LogP contribution in [0.5, 0.6) is 0 Å². The molecule has 3 rings (SSSR count). The van der Waals surface area contributed by atoms with Crippen molar-refractivity contribution in [2.75, 3.05) is 6.54 Å². The molecule has 2 aromatic rings. The van der Waals surface area contributed by atoms with E-state index >= 15 is 0 Å². The monoisotopic (exact) mass is 316 g/mol. The van der Waals surface area contributed by atoms with Crippen LogP contribution < -0.4 is 0 Å². The van der Waals surface area contributed by atoms with Gasteiger partial charge in [-0.3, -0.25) is 4.79 Å². The van der Waals surface area contributed by atoms with Gasteiger partial charge < -0.3 is 14.0 Å². The molecule has 1 fully saturated rings. The van der Waals surface area contributed by atoms with Crippen LogP contribution >= 0.6 is 0 Å². The molecule has 1 amide bonds. The van der Waals surface area contributed by atoms with Crippen molar-refractivity contribution >= 4 is 5.91 Å². The van der Waals surface area contributed by atoms with Crippen molar-refractivity contribution in [1.82, 2.24) is 19.6 Å². The Morgan fingerprint density at radius 2 is 2.13 bits per heavy atom. The van der Waals surface area contributed by atoms with Crippen LogP contribution in [0.4, 0.5) is 0 Å². The van der Waals surface area contributed by atoms with Crippen LogP contribution in [0.2, 0.25) is 0 Å². The third-order valence-corrected chi connectivity index (χ3v) is 4.49. The molecule has 0 radical (unpaired) electrons. The molecule has 6 heteroatoms. The highest BCUT2D eigenvalue weighted by Gasteiger charge is 2.36. The highest BCUT2D eigenvalue weighted by atomic mass is 16.5. The number of carbonyl (C=O) groups is 1. The molecule has 0 aliphatic carbocycles. The molecular weight excluding hydrogens is 292 g/mol. The third kappa shape index (κ3) is 2.66.